The minimum absolute atomic E-state index is 0.0491. The molecule has 0 aliphatic rings. The highest BCUT2D eigenvalue weighted by Crippen LogP contribution is 2.06. The summed E-state index contributed by atoms with van der Waals surface area (Å²) < 4.78 is 0. The first kappa shape index (κ1) is 34.0. The van der Waals surface area contributed by atoms with Gasteiger partial charge in [0.05, 0.1) is 12.5 Å². The number of nitrogens with one attached hydrogen (secondary N) is 3. The van der Waals surface area contributed by atoms with Crippen molar-refractivity contribution in [2.45, 2.75) is 75.5 Å². The number of unbranched alkanes of at least 4 members (excludes halogenated alkanes) is 1. The molecule has 16 N–H and O–H groups in total. The van der Waals surface area contributed by atoms with Crippen LogP contribution in [0.1, 0.15) is 51.4 Å². The number of primary amides is 2. The van der Waals surface area contributed by atoms with E-state index in [2.05, 4.69) is 20.9 Å². The van der Waals surface area contributed by atoms with Crippen LogP contribution in [0.5, 0.6) is 0 Å². The minimum Gasteiger partial charge on any atom is -0.480 e. The third kappa shape index (κ3) is 15.2. The first-order valence-electron chi connectivity index (χ1n) is 12.0. The summed E-state index contributed by atoms with van der Waals surface area (Å²) in [4.78, 5) is 75.9. The molecule has 0 bridgehead atoms. The monoisotopic (exact) mass is 544 g/mol. The van der Waals surface area contributed by atoms with Crippen molar-refractivity contribution in [1.82, 2.24) is 16.0 Å². The summed E-state index contributed by atoms with van der Waals surface area (Å²) in [6, 6.07) is -5.14. The molecule has 4 unspecified atom stereocenters. The van der Waals surface area contributed by atoms with Crippen molar-refractivity contribution in [1.29, 1.82) is 0 Å². The molecule has 4 atom stereocenters. The lowest BCUT2D eigenvalue weighted by atomic mass is 10.0. The van der Waals surface area contributed by atoms with E-state index in [1.165, 1.54) is 0 Å². The molecule has 0 aliphatic carbocycles. The third-order valence-electron chi connectivity index (χ3n) is 5.22. The number of carbonyl (C=O) groups is 6. The molecule has 17 heteroatoms. The Morgan fingerprint density at radius 1 is 0.711 bits per heavy atom. The summed E-state index contributed by atoms with van der Waals surface area (Å²) in [5.74, 6) is -5.61. The molecule has 216 valence electrons. The number of carboxylic acids is 1. The van der Waals surface area contributed by atoms with Crippen molar-refractivity contribution in [3.05, 3.63) is 0 Å². The molecule has 0 radical (unpaired) electrons. The van der Waals surface area contributed by atoms with E-state index in [1.54, 1.807) is 0 Å². The van der Waals surface area contributed by atoms with Crippen molar-refractivity contribution in [3.63, 3.8) is 0 Å². The molecule has 0 aromatic carbocycles. The van der Waals surface area contributed by atoms with Gasteiger partial charge >= 0.3 is 5.97 Å². The quantitative estimate of drug-likeness (QED) is 0.0393. The molecule has 0 heterocycles. The fraction of sp³-hybridized carbons (Fsp3) is 0.667. The van der Waals surface area contributed by atoms with Gasteiger partial charge < -0.3 is 55.5 Å². The van der Waals surface area contributed by atoms with Gasteiger partial charge in [-0.1, -0.05) is 0 Å². The van der Waals surface area contributed by atoms with Gasteiger partial charge in [0.25, 0.3) is 0 Å². The van der Waals surface area contributed by atoms with Gasteiger partial charge in [-0.05, 0) is 45.1 Å². The second-order valence-electron chi connectivity index (χ2n) is 8.54. The molecule has 0 saturated heterocycles. The number of rotatable bonds is 20. The Hall–Kier alpha value is -3.99. The Bertz CT molecular complexity index is 863. The molecule has 17 nitrogen and oxygen atoms in total. The van der Waals surface area contributed by atoms with E-state index in [4.69, 9.17) is 34.4 Å². The van der Waals surface area contributed by atoms with Gasteiger partial charge in [-0.25, -0.2) is 4.79 Å². The van der Waals surface area contributed by atoms with Crippen LogP contribution >= 0.6 is 0 Å². The van der Waals surface area contributed by atoms with Crippen LogP contribution in [-0.2, 0) is 28.8 Å². The summed E-state index contributed by atoms with van der Waals surface area (Å²) in [6.07, 6.45) is 0.462. The van der Waals surface area contributed by atoms with Crippen molar-refractivity contribution < 1.29 is 33.9 Å². The van der Waals surface area contributed by atoms with Gasteiger partial charge in [0, 0.05) is 13.0 Å². The zero-order valence-electron chi connectivity index (χ0n) is 21.2. The maximum atomic E-state index is 13.1. The fourth-order valence-corrected chi connectivity index (χ4v) is 3.19. The largest absolute Gasteiger partial charge is 0.480 e. The van der Waals surface area contributed by atoms with Crippen LogP contribution in [0.2, 0.25) is 0 Å². The van der Waals surface area contributed by atoms with Crippen LogP contribution in [0.3, 0.4) is 0 Å². The van der Waals surface area contributed by atoms with Gasteiger partial charge in [-0.2, -0.15) is 0 Å². The molecule has 0 aromatic heterocycles. The predicted octanol–water partition coefficient (Wildman–Crippen LogP) is -4.82. The highest BCUT2D eigenvalue weighted by Gasteiger charge is 2.30. The average Bonchev–Trinajstić information content (AvgIpc) is 2.82. The molecule has 0 fully saturated rings. The van der Waals surface area contributed by atoms with E-state index in [1.807, 2.05) is 0 Å². The lowest BCUT2D eigenvalue weighted by molar-refractivity contribution is -0.143. The smallest absolute Gasteiger partial charge is 0.326 e. The lowest BCUT2D eigenvalue weighted by Gasteiger charge is -2.25. The summed E-state index contributed by atoms with van der Waals surface area (Å²) in [5, 5.41) is 16.5. The van der Waals surface area contributed by atoms with Crippen LogP contribution < -0.4 is 50.4 Å². The summed E-state index contributed by atoms with van der Waals surface area (Å²) in [6.45, 7) is 0.456. The van der Waals surface area contributed by atoms with Gasteiger partial charge in [-0.3, -0.25) is 29.0 Å². The number of aliphatic imine (C=N–C) groups is 1. The molecular formula is C21H40N10O7. The fourth-order valence-electron chi connectivity index (χ4n) is 3.19. The van der Waals surface area contributed by atoms with Crippen LogP contribution in [-0.4, -0.2) is 83.8 Å². The van der Waals surface area contributed by atoms with Crippen molar-refractivity contribution in [2.75, 3.05) is 13.1 Å². The topological polar surface area (TPSA) is 327 Å². The number of aliphatic carboxylic acids is 1. The highest BCUT2D eigenvalue weighted by molar-refractivity contribution is 5.95. The molecule has 0 saturated carbocycles. The first-order chi connectivity index (χ1) is 17.8. The maximum Gasteiger partial charge on any atom is 0.326 e. The molecule has 5 amide bonds. The number of nitrogens with zero attached hydrogens (tertiary/aromatic N) is 1. The standard InChI is InChI=1S/C21H40N10O7/c22-8-2-1-4-12(19(36)31-14(20(37)38)10-16(25)33)30-18(35)13(5-3-9-28-21(26)27)29-17(34)11(23)6-7-15(24)32/h11-14H,1-10,22-23H2,(H2,24,32)(H2,25,33)(H,29,34)(H,30,35)(H,31,36)(H,37,38)(H4,26,27,28). The van der Waals surface area contributed by atoms with E-state index in [0.717, 1.165) is 0 Å². The Morgan fingerprint density at radius 3 is 1.71 bits per heavy atom. The van der Waals surface area contributed by atoms with E-state index in [-0.39, 0.29) is 44.6 Å². The van der Waals surface area contributed by atoms with E-state index < -0.39 is 66.1 Å². The summed E-state index contributed by atoms with van der Waals surface area (Å²) in [5.41, 5.74) is 32.0. The number of hydrogen-bond donors (Lipinski definition) is 10. The lowest BCUT2D eigenvalue weighted by Crippen LogP contribution is -2.57. The van der Waals surface area contributed by atoms with E-state index in [9.17, 15) is 33.9 Å². The maximum absolute atomic E-state index is 13.1. The Labute approximate surface area is 219 Å². The van der Waals surface area contributed by atoms with Crippen LogP contribution in [0.15, 0.2) is 4.99 Å². The van der Waals surface area contributed by atoms with Crippen LogP contribution in [0.4, 0.5) is 0 Å². The number of guanidine groups is 1. The average molecular weight is 545 g/mol. The van der Waals surface area contributed by atoms with Crippen molar-refractivity contribution in [3.8, 4) is 0 Å². The van der Waals surface area contributed by atoms with Gasteiger partial charge in [0.15, 0.2) is 5.96 Å². The summed E-state index contributed by atoms with van der Waals surface area (Å²) >= 11 is 0. The second-order valence-corrected chi connectivity index (χ2v) is 8.54. The van der Waals surface area contributed by atoms with Crippen LogP contribution in [0.25, 0.3) is 0 Å². The van der Waals surface area contributed by atoms with E-state index >= 15 is 0 Å². The Kier molecular flexibility index (Phi) is 16.4. The predicted molar refractivity (Wildman–Crippen MR) is 136 cm³/mol. The van der Waals surface area contributed by atoms with Crippen LogP contribution in [0, 0.1) is 0 Å². The molecule has 0 spiro atoms. The Balaban J connectivity index is 5.66. The zero-order valence-corrected chi connectivity index (χ0v) is 21.2. The number of amides is 5. The number of nitrogens with two attached hydrogens (primary N) is 6. The normalized spacial score (nSPS) is 13.7. The molecule has 38 heavy (non-hydrogen) atoms. The number of carbonyl (C=O) groups excluding carboxylic acids is 5. The molecule has 0 aliphatic heterocycles. The minimum atomic E-state index is -1.60. The second kappa shape index (κ2) is 18.3. The van der Waals surface area contributed by atoms with E-state index in [0.29, 0.717) is 19.4 Å². The van der Waals surface area contributed by atoms with Gasteiger partial charge in [-0.15, -0.1) is 0 Å². The van der Waals surface area contributed by atoms with Crippen molar-refractivity contribution in [2.24, 2.45) is 39.4 Å². The number of hydrogen-bond acceptors (Lipinski definition) is 9. The highest BCUT2D eigenvalue weighted by atomic mass is 16.4. The first-order valence-corrected chi connectivity index (χ1v) is 12.0. The van der Waals surface area contributed by atoms with Gasteiger partial charge in [0.2, 0.25) is 29.5 Å². The number of carboxylic acid groups (broad SMARTS) is 1. The zero-order chi connectivity index (χ0) is 29.3. The molecule has 0 rings (SSSR count). The third-order valence-corrected chi connectivity index (χ3v) is 5.22. The summed E-state index contributed by atoms with van der Waals surface area (Å²) in [7, 11) is 0. The van der Waals surface area contributed by atoms with Gasteiger partial charge in [0.1, 0.15) is 18.1 Å². The molecule has 0 aromatic rings. The Morgan fingerprint density at radius 2 is 1.24 bits per heavy atom. The molecular weight excluding hydrogens is 504 g/mol. The SMILES string of the molecule is NCCCCC(NC(=O)C(CCCN=C(N)N)NC(=O)C(N)CCC(N)=O)C(=O)NC(CC(N)=O)C(=O)O. The van der Waals surface area contributed by atoms with Crippen molar-refractivity contribution >= 4 is 41.5 Å².